The number of aromatic nitrogens is 6. The molecule has 0 aliphatic heterocycles. The lowest BCUT2D eigenvalue weighted by Gasteiger charge is -2.10. The lowest BCUT2D eigenvalue weighted by Crippen LogP contribution is -2.11. The normalized spacial score (nSPS) is 17.4. The summed E-state index contributed by atoms with van der Waals surface area (Å²) in [6.07, 6.45) is 2.62. The lowest BCUT2D eigenvalue weighted by molar-refractivity contribution is 0.303. The van der Waals surface area contributed by atoms with Gasteiger partial charge >= 0.3 is 0 Å². The Balaban J connectivity index is 1.84. The average Bonchev–Trinajstić information content (AvgIpc) is 2.97. The molecule has 0 atom stereocenters. The summed E-state index contributed by atoms with van der Waals surface area (Å²) in [6.45, 7) is 0. The van der Waals surface area contributed by atoms with Crippen LogP contribution < -0.4 is 0 Å². The Morgan fingerprint density at radius 2 is 2.31 bits per heavy atom. The predicted octanol–water partition coefficient (Wildman–Crippen LogP) is 0.329. The van der Waals surface area contributed by atoms with Gasteiger partial charge in [0.15, 0.2) is 5.69 Å². The number of aromatic amines is 1. The Bertz CT molecular complexity index is 500. The fourth-order valence-corrected chi connectivity index (χ4v) is 1.53. The number of fused-ring (bicyclic) bond motifs is 1. The zero-order valence-electron chi connectivity index (χ0n) is 8.16. The van der Waals surface area contributed by atoms with Gasteiger partial charge in [-0.25, -0.2) is 9.73 Å². The van der Waals surface area contributed by atoms with Crippen molar-refractivity contribution in [1.82, 2.24) is 30.9 Å². The average molecular weight is 219 g/mol. The minimum Gasteiger partial charge on any atom is -0.277 e. The molecule has 16 heavy (non-hydrogen) atoms. The van der Waals surface area contributed by atoms with Gasteiger partial charge in [0.05, 0.1) is 11.7 Å². The molecule has 9 heteroatoms. The molecular weight excluding hydrogens is 212 g/mol. The van der Waals surface area contributed by atoms with Crippen molar-refractivity contribution in [2.75, 3.05) is 0 Å². The molecule has 0 amide bonds. The van der Waals surface area contributed by atoms with E-state index in [-0.39, 0.29) is 5.95 Å². The van der Waals surface area contributed by atoms with Gasteiger partial charge in [-0.2, -0.15) is 0 Å². The number of hydrogen-bond acceptors (Lipinski definition) is 7. The summed E-state index contributed by atoms with van der Waals surface area (Å²) in [4.78, 5) is 0. The topological polar surface area (TPSA) is 120 Å². The fraction of sp³-hybridized carbons (Fsp3) is 0.429. The second-order valence-corrected chi connectivity index (χ2v) is 3.27. The van der Waals surface area contributed by atoms with Crippen LogP contribution in [0.2, 0.25) is 0 Å². The molecule has 0 radical (unpaired) electrons. The van der Waals surface area contributed by atoms with E-state index in [2.05, 4.69) is 46.1 Å². The van der Waals surface area contributed by atoms with Crippen LogP contribution in [0.5, 0.6) is 0 Å². The number of hydrogen-bond donors (Lipinski definition) is 1. The van der Waals surface area contributed by atoms with Crippen molar-refractivity contribution in [1.29, 1.82) is 0 Å². The summed E-state index contributed by atoms with van der Waals surface area (Å²) in [6, 6.07) is 0. The van der Waals surface area contributed by atoms with Crippen LogP contribution in [0.4, 0.5) is 5.95 Å². The number of aryl methyl sites for hydroxylation is 1. The Morgan fingerprint density at radius 1 is 1.31 bits per heavy atom. The molecule has 1 N–H and O–H groups in total. The first-order valence-corrected chi connectivity index (χ1v) is 4.76. The van der Waals surface area contributed by atoms with Gasteiger partial charge in [0, 0.05) is 0 Å². The Labute approximate surface area is 89.3 Å². The summed E-state index contributed by atoms with van der Waals surface area (Å²) in [5.41, 5.74) is 6.08. The summed E-state index contributed by atoms with van der Waals surface area (Å²) >= 11 is 0. The van der Waals surface area contributed by atoms with E-state index in [4.69, 9.17) is 0 Å². The van der Waals surface area contributed by atoms with Gasteiger partial charge in [-0.05, 0) is 24.4 Å². The molecule has 2 aromatic rings. The molecule has 1 aliphatic carbocycles. The highest BCUT2D eigenvalue weighted by molar-refractivity contribution is 6.01. The monoisotopic (exact) mass is 219 g/mol. The molecular formula is C7H7N8O-. The summed E-state index contributed by atoms with van der Waals surface area (Å²) < 4.78 is 4.66. The van der Waals surface area contributed by atoms with E-state index in [1.165, 1.54) is 0 Å². The lowest BCUT2D eigenvalue weighted by atomic mass is 9.99. The predicted molar refractivity (Wildman–Crippen MR) is 51.0 cm³/mol. The van der Waals surface area contributed by atoms with Gasteiger partial charge in [-0.15, -0.1) is 5.21 Å². The van der Waals surface area contributed by atoms with Crippen LogP contribution in [0.15, 0.2) is 9.73 Å². The molecule has 0 bridgehead atoms. The summed E-state index contributed by atoms with van der Waals surface area (Å²) in [5, 5.41) is 24.6. The third-order valence-electron chi connectivity index (χ3n) is 2.25. The molecule has 0 fully saturated rings. The zero-order chi connectivity index (χ0) is 10.8. The Hall–Kier alpha value is -2.32. The third kappa shape index (κ3) is 1.51. The van der Waals surface area contributed by atoms with Crippen LogP contribution in [0.25, 0.3) is 5.43 Å². The van der Waals surface area contributed by atoms with Crippen LogP contribution >= 0.6 is 0 Å². The van der Waals surface area contributed by atoms with Crippen molar-refractivity contribution in [3.8, 4) is 0 Å². The molecule has 0 saturated heterocycles. The summed E-state index contributed by atoms with van der Waals surface area (Å²) in [7, 11) is 0. The van der Waals surface area contributed by atoms with E-state index in [1.54, 1.807) is 0 Å². The third-order valence-corrected chi connectivity index (χ3v) is 2.25. The molecule has 0 spiro atoms. The molecule has 2 heterocycles. The quantitative estimate of drug-likeness (QED) is 0.726. The highest BCUT2D eigenvalue weighted by Gasteiger charge is 2.20. The highest BCUT2D eigenvalue weighted by Crippen LogP contribution is 2.20. The van der Waals surface area contributed by atoms with Gasteiger partial charge in [0.2, 0.25) is 0 Å². The molecule has 3 rings (SSSR count). The van der Waals surface area contributed by atoms with E-state index in [9.17, 15) is 0 Å². The minimum atomic E-state index is 0.191. The highest BCUT2D eigenvalue weighted by atomic mass is 16.6. The van der Waals surface area contributed by atoms with E-state index in [0.29, 0.717) is 5.69 Å². The van der Waals surface area contributed by atoms with Crippen LogP contribution in [0.1, 0.15) is 24.2 Å². The zero-order valence-corrected chi connectivity index (χ0v) is 8.16. The first kappa shape index (κ1) is 8.95. The molecule has 1 aliphatic rings. The Kier molecular flexibility index (Phi) is 2.06. The first-order chi connectivity index (χ1) is 7.93. The van der Waals surface area contributed by atoms with Gasteiger partial charge in [-0.1, -0.05) is 5.16 Å². The molecule has 0 saturated carbocycles. The van der Waals surface area contributed by atoms with Crippen molar-refractivity contribution in [2.24, 2.45) is 5.10 Å². The fourth-order valence-electron chi connectivity index (χ4n) is 1.53. The molecule has 82 valence electrons. The smallest absolute Gasteiger partial charge is 0.153 e. The van der Waals surface area contributed by atoms with Crippen molar-refractivity contribution in [3.63, 3.8) is 0 Å². The number of nitrogens with one attached hydrogen (secondary N) is 1. The second-order valence-electron chi connectivity index (χ2n) is 3.27. The number of tetrazole rings is 1. The van der Waals surface area contributed by atoms with E-state index < -0.39 is 0 Å². The van der Waals surface area contributed by atoms with Gasteiger partial charge in [0.25, 0.3) is 0 Å². The maximum atomic E-state index is 4.66. The largest absolute Gasteiger partial charge is 0.277 e. The van der Waals surface area contributed by atoms with Gasteiger partial charge in [0.1, 0.15) is 5.69 Å². The summed E-state index contributed by atoms with van der Waals surface area (Å²) in [5.74, 6) is 0.191. The van der Waals surface area contributed by atoms with Crippen LogP contribution in [0, 0.1) is 0 Å². The number of H-pyrrole nitrogens is 1. The Morgan fingerprint density at radius 3 is 3.19 bits per heavy atom. The molecule has 2 aromatic heterocycles. The maximum absolute atomic E-state index is 4.66. The van der Waals surface area contributed by atoms with Crippen molar-refractivity contribution < 1.29 is 4.63 Å². The van der Waals surface area contributed by atoms with Crippen molar-refractivity contribution in [3.05, 3.63) is 16.8 Å². The molecule has 9 nitrogen and oxygen atoms in total. The van der Waals surface area contributed by atoms with Crippen molar-refractivity contribution >= 4 is 11.7 Å². The van der Waals surface area contributed by atoms with E-state index in [1.807, 2.05) is 0 Å². The van der Waals surface area contributed by atoms with Gasteiger partial charge in [-0.3, -0.25) is 20.8 Å². The first-order valence-electron chi connectivity index (χ1n) is 4.76. The van der Waals surface area contributed by atoms with E-state index >= 15 is 0 Å². The van der Waals surface area contributed by atoms with Crippen molar-refractivity contribution in [2.45, 2.75) is 19.3 Å². The standard InChI is InChI=1S/C7H7N8O/c1-2-4(6-5(3-1)12-16-13-6)8-9-7-10-14-15-11-7/h1-3H2,(H-,9,10,11,14,15)/q-1/b8-4-. The molecule has 0 aromatic carbocycles. The SMILES string of the molecule is C1C/C(=N/[N-]c2nn[nH]n2)c2nonc2C1. The second kappa shape index (κ2) is 3.68. The molecule has 0 unspecified atom stereocenters. The van der Waals surface area contributed by atoms with Crippen LogP contribution in [0.3, 0.4) is 0 Å². The maximum Gasteiger partial charge on any atom is 0.153 e. The van der Waals surface area contributed by atoms with Gasteiger partial charge < -0.3 is 0 Å². The number of rotatable bonds is 2. The van der Waals surface area contributed by atoms with Crippen LogP contribution in [-0.4, -0.2) is 36.6 Å². The van der Waals surface area contributed by atoms with E-state index in [0.717, 1.165) is 30.7 Å². The van der Waals surface area contributed by atoms with Crippen LogP contribution in [-0.2, 0) is 6.42 Å². The minimum absolute atomic E-state index is 0.191. The number of nitrogens with zero attached hydrogens (tertiary/aromatic N) is 7.